The van der Waals surface area contributed by atoms with Crippen LogP contribution >= 0.6 is 35.3 Å². The molecular formula is C72H105N19O25S3. The molecule has 0 radical (unpaired) electrons. The van der Waals surface area contributed by atoms with E-state index in [2.05, 4.69) is 79.8 Å². The molecule has 27 N–H and O–H groups in total. The summed E-state index contributed by atoms with van der Waals surface area (Å²) in [7, 11) is 0. The number of hydrogen-bond acceptors (Lipinski definition) is 28. The van der Waals surface area contributed by atoms with Crippen molar-refractivity contribution in [3.8, 4) is 0 Å². The number of carbonyl (C=O) groups is 19. The molecule has 4 bridgehead atoms. The predicted molar refractivity (Wildman–Crippen MR) is 425 cm³/mol. The smallest absolute Gasteiger partial charge is 0.322 e. The van der Waals surface area contributed by atoms with Gasteiger partial charge in [0.05, 0.1) is 58.4 Å². The van der Waals surface area contributed by atoms with Crippen molar-refractivity contribution >= 4 is 148 Å². The fourth-order valence-corrected chi connectivity index (χ4v) is 15.0. The van der Waals surface area contributed by atoms with E-state index < -0.39 is 262 Å². The van der Waals surface area contributed by atoms with Crippen LogP contribution in [0.15, 0.2) is 48.5 Å². The maximum Gasteiger partial charge on any atom is 0.322 e. The number of aliphatic hydroxyl groups is 4. The van der Waals surface area contributed by atoms with E-state index in [0.29, 0.717) is 28.7 Å². The number of nitrogens with one attached hydrogen (secondary N) is 15. The van der Waals surface area contributed by atoms with Crippen molar-refractivity contribution in [3.05, 3.63) is 70.8 Å². The van der Waals surface area contributed by atoms with Gasteiger partial charge in [-0.05, 0) is 73.7 Å². The quantitative estimate of drug-likeness (QED) is 0.0547. The van der Waals surface area contributed by atoms with Gasteiger partial charge in [-0.1, -0.05) is 62.4 Å². The third-order valence-corrected chi connectivity index (χ3v) is 21.6. The molecular weight excluding hydrogens is 1630 g/mol. The van der Waals surface area contributed by atoms with Gasteiger partial charge in [-0.2, -0.15) is 35.3 Å². The Labute approximate surface area is 695 Å². The summed E-state index contributed by atoms with van der Waals surface area (Å²) in [6, 6.07) is -10.9. The first-order valence-corrected chi connectivity index (χ1v) is 41.2. The lowest BCUT2D eigenvalue weighted by atomic mass is 10.0. The Morgan fingerprint density at radius 1 is 0.521 bits per heavy atom. The van der Waals surface area contributed by atoms with Crippen LogP contribution in [0, 0.1) is 5.92 Å². The van der Waals surface area contributed by atoms with Gasteiger partial charge in [-0.15, -0.1) is 0 Å². The number of benzene rings is 2. The number of nitrogens with two attached hydrogens (primary N) is 3. The van der Waals surface area contributed by atoms with Crippen molar-refractivity contribution in [1.82, 2.24) is 84.7 Å². The molecule has 2 aromatic rings. The van der Waals surface area contributed by atoms with Crippen molar-refractivity contribution in [3.63, 3.8) is 0 Å². The number of fused-ring (bicyclic) bond motifs is 6. The molecule has 44 nitrogen and oxygen atoms in total. The minimum atomic E-state index is -1.94. The maximum absolute atomic E-state index is 14.5. The largest absolute Gasteiger partial charge is 0.481 e. The van der Waals surface area contributed by atoms with Crippen LogP contribution in [-0.4, -0.2) is 309 Å². The van der Waals surface area contributed by atoms with Crippen molar-refractivity contribution in [2.24, 2.45) is 23.1 Å². The Morgan fingerprint density at radius 2 is 1.00 bits per heavy atom. The lowest BCUT2D eigenvalue weighted by Gasteiger charge is -2.30. The SMILES string of the molecule is CC(C)[C@@H]1NC(=O)CNC(=O)[C@@H]2CSCc3cc(cc(c3)CSC[C@@H](C(=O)NCC(=O)O)NC(=O)[C@H](CO)NC(=O)[C@H](CO)NC(=O)[C@@H]3CCCN3C(=O)[C@H](CC(=O)O)NC1=O)CSC[C@H](NC(=O)[C@H](C)N)C(=O)N[C@@H](CC(N)=O)C(=O)N[C@@H](CO)C(=O)N[C@@H](CCCCN)C(=O)N[C@@H](Cc1ccccc1)C(=O)N[C@@H](CO)C(=O)NCC(=O)N2. The third kappa shape index (κ3) is 33.1. The summed E-state index contributed by atoms with van der Waals surface area (Å²) in [6.07, 6.45) is -2.02. The summed E-state index contributed by atoms with van der Waals surface area (Å²) in [5.41, 5.74) is 19.0. The first kappa shape index (κ1) is 98.8. The first-order chi connectivity index (χ1) is 56.5. The number of carboxylic acid groups (broad SMARTS) is 2. The Balaban J connectivity index is 1.66. The van der Waals surface area contributed by atoms with Gasteiger partial charge < -0.3 is 132 Å². The van der Waals surface area contributed by atoms with Gasteiger partial charge in [-0.3, -0.25) is 91.1 Å². The number of rotatable bonds is 20. The molecule has 656 valence electrons. The lowest BCUT2D eigenvalue weighted by Crippen LogP contribution is -2.61. The number of unbranched alkanes of at least 4 members (excludes halogenated alkanes) is 1. The molecule has 0 spiro atoms. The van der Waals surface area contributed by atoms with Crippen LogP contribution < -0.4 is 97.0 Å². The zero-order valence-corrected chi connectivity index (χ0v) is 67.8. The van der Waals surface area contributed by atoms with Crippen LogP contribution in [0.2, 0.25) is 0 Å². The minimum absolute atomic E-state index is 0.0497. The fraction of sp³-hybridized carbons (Fsp3) is 0.569. The molecule has 0 aromatic heterocycles. The van der Waals surface area contributed by atoms with Gasteiger partial charge in [0.15, 0.2) is 0 Å². The van der Waals surface area contributed by atoms with E-state index in [9.17, 15) is 122 Å². The van der Waals surface area contributed by atoms with Gasteiger partial charge in [0.25, 0.3) is 0 Å². The molecule has 1 saturated heterocycles. The van der Waals surface area contributed by atoms with E-state index in [1.54, 1.807) is 48.5 Å². The van der Waals surface area contributed by atoms with E-state index in [1.807, 2.05) is 0 Å². The second-order valence-electron chi connectivity index (χ2n) is 28.2. The molecule has 5 rings (SSSR count). The average molecular weight is 1730 g/mol. The van der Waals surface area contributed by atoms with Crippen LogP contribution in [0.3, 0.4) is 0 Å². The number of thioether (sulfide) groups is 3. The highest BCUT2D eigenvalue weighted by Gasteiger charge is 2.42. The highest BCUT2D eigenvalue weighted by Crippen LogP contribution is 2.26. The summed E-state index contributed by atoms with van der Waals surface area (Å²) in [5, 5.41) is 96.7. The minimum Gasteiger partial charge on any atom is -0.481 e. The summed E-state index contributed by atoms with van der Waals surface area (Å²) in [5.74, 6) is -24.3. The first-order valence-electron chi connectivity index (χ1n) is 37.8. The number of amides is 17. The van der Waals surface area contributed by atoms with Crippen LogP contribution in [-0.2, 0) is 115 Å². The van der Waals surface area contributed by atoms with E-state index in [-0.39, 0.29) is 79.7 Å². The standard InChI is InChI=1S/C72H105N19O25S3/c1-35(2)58-71(115)83-44(21-56(99)100)72(116)91-15-9-13-52(91)70(114)87-48(28-95)67(111)86-47(27-94)68(112)89-50(62(106)78-24-57(101)102)33-118-30-39-16-38-17-40(18-39)31-119-34-51(88-59(103)36(3)74)69(113)82-43(20-53(75)96)65(109)85-46(26-93)66(110)80-41(12-7-8-14-73)63(107)81-42(19-37-10-5-4-6-11-37)64(108)84-45(25-92)60(104)76-22-54(97)79-49(32-117-29-38)61(105)77-23-55(98)90-58/h4-6,10-11,16-18,35-36,41-52,58,92-95H,7-9,12-15,19-34,73-74H2,1-3H3,(H2,75,96)(H,76,104)(H,77,105)(H,78,106)(H,79,97)(H,80,110)(H,81,107)(H,82,113)(H,83,115)(H,84,108)(H,85,109)(H,86,111)(H,87,114)(H,88,103)(H,89,112)(H,90,98)(H,99,100)(H,101,102)/t36-,41-,42-,43-,44-,45-,46-,47-,48-,49-,50-,51-,52-,58-/m0/s1. The molecule has 3 heterocycles. The Kier molecular flexibility index (Phi) is 41.6. The summed E-state index contributed by atoms with van der Waals surface area (Å²) in [6.45, 7) is -3.34. The number of nitrogens with zero attached hydrogens (tertiary/aromatic N) is 1. The van der Waals surface area contributed by atoms with Gasteiger partial charge in [0.1, 0.15) is 85.1 Å². The van der Waals surface area contributed by atoms with E-state index in [1.165, 1.54) is 20.8 Å². The van der Waals surface area contributed by atoms with E-state index >= 15 is 0 Å². The van der Waals surface area contributed by atoms with Gasteiger partial charge in [0.2, 0.25) is 100 Å². The normalized spacial score (nSPS) is 25.4. The molecule has 2 aromatic carbocycles. The lowest BCUT2D eigenvalue weighted by molar-refractivity contribution is -0.146. The molecule has 47 heteroatoms. The highest BCUT2D eigenvalue weighted by atomic mass is 32.2. The van der Waals surface area contributed by atoms with Gasteiger partial charge in [-0.25, -0.2) is 0 Å². The third-order valence-electron chi connectivity index (χ3n) is 18.3. The molecule has 3 aliphatic heterocycles. The van der Waals surface area contributed by atoms with Crippen molar-refractivity contribution in [2.75, 3.05) is 76.4 Å². The van der Waals surface area contributed by atoms with Crippen LogP contribution in [0.4, 0.5) is 0 Å². The Hall–Kier alpha value is -10.8. The van der Waals surface area contributed by atoms with Crippen molar-refractivity contribution in [1.29, 1.82) is 0 Å². The molecule has 14 atom stereocenters. The fourth-order valence-electron chi connectivity index (χ4n) is 12.0. The molecule has 0 aliphatic carbocycles. The average Bonchev–Trinajstić information content (AvgIpc) is 1.74. The zero-order valence-electron chi connectivity index (χ0n) is 65.4. The molecule has 3 aliphatic rings. The highest BCUT2D eigenvalue weighted by molar-refractivity contribution is 7.99. The molecule has 0 unspecified atom stereocenters. The molecule has 0 saturated carbocycles. The number of aliphatic carboxylic acids is 2. The van der Waals surface area contributed by atoms with E-state index in [4.69, 9.17) is 17.2 Å². The van der Waals surface area contributed by atoms with Gasteiger partial charge >= 0.3 is 11.9 Å². The van der Waals surface area contributed by atoms with E-state index in [0.717, 1.165) is 40.2 Å². The molecule has 1 fully saturated rings. The predicted octanol–water partition coefficient (Wildman–Crippen LogP) is -10.7. The van der Waals surface area contributed by atoms with Crippen LogP contribution in [0.1, 0.15) is 88.0 Å². The summed E-state index contributed by atoms with van der Waals surface area (Å²) >= 11 is 2.95. The topological polar surface area (TPSA) is 707 Å². The summed E-state index contributed by atoms with van der Waals surface area (Å²) < 4.78 is 0. The number of primary amides is 1. The Morgan fingerprint density at radius 3 is 1.54 bits per heavy atom. The number of carbonyl (C=O) groups excluding carboxylic acids is 17. The van der Waals surface area contributed by atoms with Gasteiger partial charge in [0, 0.05) is 47.5 Å². The Bertz CT molecular complexity index is 3970. The van der Waals surface area contributed by atoms with Crippen LogP contribution in [0.25, 0.3) is 0 Å². The summed E-state index contributed by atoms with van der Waals surface area (Å²) in [4.78, 5) is 263. The second-order valence-corrected chi connectivity index (χ2v) is 31.3. The molecule has 17 amide bonds. The monoisotopic (exact) mass is 1730 g/mol. The number of hydrogen-bond donors (Lipinski definition) is 24. The maximum atomic E-state index is 14.5. The molecule has 119 heavy (non-hydrogen) atoms. The van der Waals surface area contributed by atoms with Crippen molar-refractivity contribution < 1.29 is 122 Å². The second kappa shape index (κ2) is 50.2. The number of aliphatic hydroxyl groups excluding tert-OH is 4. The number of carboxylic acids is 2. The van der Waals surface area contributed by atoms with Crippen molar-refractivity contribution in [2.45, 2.75) is 174 Å². The van der Waals surface area contributed by atoms with Crippen LogP contribution in [0.5, 0.6) is 0 Å². The zero-order chi connectivity index (χ0) is 88.2.